The van der Waals surface area contributed by atoms with Gasteiger partial charge in [-0.05, 0) is 60.7 Å². The molecule has 0 aliphatic heterocycles. The van der Waals surface area contributed by atoms with Crippen molar-refractivity contribution < 1.29 is 27.1 Å². The van der Waals surface area contributed by atoms with Gasteiger partial charge in [0.2, 0.25) is 5.91 Å². The number of carbonyl (C=O) groups excluding carboxylic acids is 1. The van der Waals surface area contributed by atoms with Crippen LogP contribution in [0.15, 0.2) is 76.5 Å². The summed E-state index contributed by atoms with van der Waals surface area (Å²) in [5, 5.41) is 3.38. The molecule has 192 valence electrons. The lowest BCUT2D eigenvalue weighted by atomic mass is 10.3. The summed E-state index contributed by atoms with van der Waals surface area (Å²) < 4.78 is 52.8. The largest absolute Gasteiger partial charge is 0.493 e. The summed E-state index contributed by atoms with van der Waals surface area (Å²) in [7, 11) is -1.52. The average molecular weight is 553 g/mol. The highest BCUT2D eigenvalue weighted by Crippen LogP contribution is 2.32. The quantitative estimate of drug-likeness (QED) is 0.252. The number of anilines is 1. The molecule has 7 nitrogen and oxygen atoms in total. The molecule has 36 heavy (non-hydrogen) atoms. The minimum Gasteiger partial charge on any atom is -0.493 e. The standard InChI is InChI=1S/C25H26ClFN2O5S2/c1-33-23-13-12-20(16-24(23)34-2)36(31,32)29(22-7-4-3-6-21(22)27)17-25(30)28-14-5-15-35-19-10-8-18(26)9-11-19/h3-4,6-13,16H,5,14-15,17H2,1-2H3,(H,28,30). The van der Waals surface area contributed by atoms with Crippen LogP contribution in [0.3, 0.4) is 0 Å². The Bertz CT molecular complexity index is 1290. The van der Waals surface area contributed by atoms with Gasteiger partial charge in [0.1, 0.15) is 12.4 Å². The molecule has 0 heterocycles. The van der Waals surface area contributed by atoms with Crippen molar-refractivity contribution >= 4 is 45.0 Å². The number of carbonyl (C=O) groups is 1. The van der Waals surface area contributed by atoms with Crippen LogP contribution in [0.4, 0.5) is 10.1 Å². The van der Waals surface area contributed by atoms with E-state index in [4.69, 9.17) is 21.1 Å². The van der Waals surface area contributed by atoms with Crippen LogP contribution in [0.5, 0.6) is 11.5 Å². The lowest BCUT2D eigenvalue weighted by Crippen LogP contribution is -2.41. The van der Waals surface area contributed by atoms with Crippen molar-refractivity contribution in [2.75, 3.05) is 37.4 Å². The van der Waals surface area contributed by atoms with Crippen LogP contribution in [0, 0.1) is 5.82 Å². The van der Waals surface area contributed by atoms with E-state index in [9.17, 15) is 17.6 Å². The predicted octanol–water partition coefficient (Wildman–Crippen LogP) is 4.99. The van der Waals surface area contributed by atoms with Gasteiger partial charge in [-0.25, -0.2) is 12.8 Å². The number of halogens is 2. The first-order valence-electron chi connectivity index (χ1n) is 10.9. The lowest BCUT2D eigenvalue weighted by Gasteiger charge is -2.25. The third-order valence-corrected chi connectivity index (χ3v) is 8.18. The van der Waals surface area contributed by atoms with Gasteiger partial charge in [-0.2, -0.15) is 0 Å². The Balaban J connectivity index is 1.72. The zero-order valence-corrected chi connectivity index (χ0v) is 22.1. The molecule has 3 aromatic carbocycles. The lowest BCUT2D eigenvalue weighted by molar-refractivity contribution is -0.119. The molecule has 3 aromatic rings. The molecule has 0 saturated heterocycles. The molecule has 0 fully saturated rings. The third kappa shape index (κ3) is 7.05. The normalized spacial score (nSPS) is 11.1. The molecular weight excluding hydrogens is 527 g/mol. The molecule has 0 saturated carbocycles. The Morgan fingerprint density at radius 1 is 1.03 bits per heavy atom. The molecule has 0 aromatic heterocycles. The first-order chi connectivity index (χ1) is 17.3. The number of sulfonamides is 1. The van der Waals surface area contributed by atoms with E-state index in [0.29, 0.717) is 23.7 Å². The molecular formula is C25H26ClFN2O5S2. The fourth-order valence-electron chi connectivity index (χ4n) is 3.27. The van der Waals surface area contributed by atoms with Gasteiger partial charge < -0.3 is 14.8 Å². The minimum atomic E-state index is -4.32. The van der Waals surface area contributed by atoms with Gasteiger partial charge in [0.05, 0.1) is 24.8 Å². The maximum Gasteiger partial charge on any atom is 0.265 e. The first-order valence-corrected chi connectivity index (χ1v) is 13.7. The second kappa shape index (κ2) is 12.8. The number of amides is 1. The van der Waals surface area contributed by atoms with E-state index >= 15 is 0 Å². The summed E-state index contributed by atoms with van der Waals surface area (Å²) in [4.78, 5) is 13.6. The van der Waals surface area contributed by atoms with Gasteiger partial charge >= 0.3 is 0 Å². The van der Waals surface area contributed by atoms with Gasteiger partial charge in [-0.3, -0.25) is 9.10 Å². The molecule has 11 heteroatoms. The maximum absolute atomic E-state index is 14.6. The SMILES string of the molecule is COc1ccc(S(=O)(=O)N(CC(=O)NCCCSc2ccc(Cl)cc2)c2ccccc2F)cc1OC. The maximum atomic E-state index is 14.6. The molecule has 0 atom stereocenters. The van der Waals surface area contributed by atoms with Crippen LogP contribution >= 0.6 is 23.4 Å². The van der Waals surface area contributed by atoms with Crippen molar-refractivity contribution in [2.24, 2.45) is 0 Å². The number of hydrogen-bond donors (Lipinski definition) is 1. The van der Waals surface area contributed by atoms with Gasteiger partial charge in [0, 0.05) is 22.5 Å². The Labute approximate surface area is 219 Å². The topological polar surface area (TPSA) is 84.9 Å². The van der Waals surface area contributed by atoms with Gasteiger partial charge in [0.15, 0.2) is 11.5 Å². The fraction of sp³-hybridized carbons (Fsp3) is 0.240. The molecule has 0 bridgehead atoms. The highest BCUT2D eigenvalue weighted by Gasteiger charge is 2.30. The molecule has 3 rings (SSSR count). The molecule has 0 radical (unpaired) electrons. The Kier molecular flexibility index (Phi) is 9.86. The summed E-state index contributed by atoms with van der Waals surface area (Å²) in [5.74, 6) is -0.0617. The van der Waals surface area contributed by atoms with E-state index in [1.54, 1.807) is 11.8 Å². The van der Waals surface area contributed by atoms with Crippen LogP contribution in [0.1, 0.15) is 6.42 Å². The second-order valence-corrected chi connectivity index (χ2v) is 11.0. The van der Waals surface area contributed by atoms with Crippen molar-refractivity contribution in [2.45, 2.75) is 16.2 Å². The number of hydrogen-bond acceptors (Lipinski definition) is 6. The van der Waals surface area contributed by atoms with E-state index in [1.165, 1.54) is 50.6 Å². The van der Waals surface area contributed by atoms with E-state index in [1.807, 2.05) is 24.3 Å². The van der Waals surface area contributed by atoms with Crippen LogP contribution in [0.25, 0.3) is 0 Å². The summed E-state index contributed by atoms with van der Waals surface area (Å²) in [6.07, 6.45) is 0.654. The number of nitrogens with one attached hydrogen (secondary N) is 1. The average Bonchev–Trinajstić information content (AvgIpc) is 2.88. The van der Waals surface area contributed by atoms with Crippen molar-refractivity contribution in [3.8, 4) is 11.5 Å². The molecule has 1 amide bonds. The van der Waals surface area contributed by atoms with Crippen LogP contribution in [0.2, 0.25) is 5.02 Å². The zero-order chi connectivity index (χ0) is 26.1. The predicted molar refractivity (Wildman–Crippen MR) is 140 cm³/mol. The molecule has 0 unspecified atom stereocenters. The number of ether oxygens (including phenoxy) is 2. The highest BCUT2D eigenvalue weighted by molar-refractivity contribution is 7.99. The first kappa shape index (κ1) is 27.6. The highest BCUT2D eigenvalue weighted by atomic mass is 35.5. The number of thioether (sulfide) groups is 1. The Morgan fingerprint density at radius 3 is 2.39 bits per heavy atom. The van der Waals surface area contributed by atoms with Crippen molar-refractivity contribution in [3.63, 3.8) is 0 Å². The Hall–Kier alpha value is -2.95. The summed E-state index contributed by atoms with van der Waals surface area (Å²) in [6, 6.07) is 16.9. The third-order valence-electron chi connectivity index (χ3n) is 5.08. The summed E-state index contributed by atoms with van der Waals surface area (Å²) in [6.45, 7) is -0.261. The van der Waals surface area contributed by atoms with Crippen molar-refractivity contribution in [3.05, 3.63) is 77.6 Å². The number of methoxy groups -OCH3 is 2. The van der Waals surface area contributed by atoms with Crippen LogP contribution < -0.4 is 19.1 Å². The number of benzene rings is 3. The van der Waals surface area contributed by atoms with Gasteiger partial charge in [-0.1, -0.05) is 23.7 Å². The summed E-state index contributed by atoms with van der Waals surface area (Å²) in [5.41, 5.74) is -0.235. The Morgan fingerprint density at radius 2 is 1.72 bits per heavy atom. The second-order valence-electron chi connectivity index (χ2n) is 7.49. The zero-order valence-electron chi connectivity index (χ0n) is 19.7. The molecule has 0 aliphatic rings. The minimum absolute atomic E-state index is 0.171. The van der Waals surface area contributed by atoms with E-state index in [2.05, 4.69) is 5.32 Å². The van der Waals surface area contributed by atoms with E-state index < -0.39 is 28.3 Å². The van der Waals surface area contributed by atoms with E-state index in [0.717, 1.165) is 21.0 Å². The van der Waals surface area contributed by atoms with Gasteiger partial charge in [0.25, 0.3) is 10.0 Å². The molecule has 0 aliphatic carbocycles. The number of rotatable bonds is 12. The van der Waals surface area contributed by atoms with Gasteiger partial charge in [-0.15, -0.1) is 11.8 Å². The fourth-order valence-corrected chi connectivity index (χ4v) is 5.69. The van der Waals surface area contributed by atoms with E-state index in [-0.39, 0.29) is 16.3 Å². The number of nitrogens with zero attached hydrogens (tertiary/aromatic N) is 1. The van der Waals surface area contributed by atoms with Crippen molar-refractivity contribution in [1.82, 2.24) is 5.32 Å². The van der Waals surface area contributed by atoms with Crippen LogP contribution in [-0.2, 0) is 14.8 Å². The number of para-hydroxylation sites is 1. The van der Waals surface area contributed by atoms with Crippen LogP contribution in [-0.4, -0.2) is 47.4 Å². The smallest absolute Gasteiger partial charge is 0.265 e. The summed E-state index contributed by atoms with van der Waals surface area (Å²) >= 11 is 7.50. The molecule has 0 spiro atoms. The van der Waals surface area contributed by atoms with Crippen molar-refractivity contribution in [1.29, 1.82) is 0 Å². The molecule has 1 N–H and O–H groups in total. The monoisotopic (exact) mass is 552 g/mol.